The summed E-state index contributed by atoms with van der Waals surface area (Å²) in [6.45, 7) is 6.61. The predicted molar refractivity (Wildman–Crippen MR) is 121 cm³/mol. The van der Waals surface area contributed by atoms with Crippen LogP contribution in [-0.4, -0.2) is 25.2 Å². The van der Waals surface area contributed by atoms with Gasteiger partial charge in [-0.3, -0.25) is 9.59 Å². The van der Waals surface area contributed by atoms with Crippen LogP contribution in [0.15, 0.2) is 30.6 Å². The van der Waals surface area contributed by atoms with Crippen molar-refractivity contribution in [1.29, 1.82) is 0 Å². The first-order valence-corrected chi connectivity index (χ1v) is 10.8. The molecule has 178 valence electrons. The number of benzene rings is 2. The van der Waals surface area contributed by atoms with Crippen molar-refractivity contribution in [3.63, 3.8) is 0 Å². The Hall–Kier alpha value is -4.08. The van der Waals surface area contributed by atoms with Gasteiger partial charge in [-0.1, -0.05) is 13.8 Å². The summed E-state index contributed by atoms with van der Waals surface area (Å²) in [5, 5.41) is 0.494. The highest BCUT2D eigenvalue weighted by molar-refractivity contribution is 6.22. The van der Waals surface area contributed by atoms with Crippen LogP contribution < -0.4 is 30.2 Å². The molecule has 10 nitrogen and oxygen atoms in total. The molecule has 0 N–H and O–H groups in total. The molecule has 0 saturated carbocycles. The fraction of sp³-hybridized carbons (Fsp3) is 0.333. The molecule has 2 aromatic heterocycles. The van der Waals surface area contributed by atoms with E-state index in [1.807, 2.05) is 13.8 Å². The molecule has 0 unspecified atom stereocenters. The van der Waals surface area contributed by atoms with E-state index in [0.29, 0.717) is 12.8 Å². The van der Waals surface area contributed by atoms with E-state index >= 15 is 0 Å². The van der Waals surface area contributed by atoms with Crippen molar-refractivity contribution in [2.24, 2.45) is 0 Å². The molecule has 0 atom stereocenters. The Balaban J connectivity index is 2.20. The summed E-state index contributed by atoms with van der Waals surface area (Å²) < 4.78 is 33.1. The summed E-state index contributed by atoms with van der Waals surface area (Å²) >= 11 is 0. The van der Waals surface area contributed by atoms with Gasteiger partial charge in [0.25, 0.3) is 0 Å². The number of hydrogen-bond acceptors (Lipinski definition) is 10. The second-order valence-corrected chi connectivity index (χ2v) is 7.57. The van der Waals surface area contributed by atoms with Gasteiger partial charge in [0.15, 0.2) is 22.7 Å². The molecule has 0 saturated heterocycles. The summed E-state index contributed by atoms with van der Waals surface area (Å²) in [5.74, 6) is -1.44. The maximum atomic E-state index is 13.0. The third-order valence-electron chi connectivity index (χ3n) is 4.89. The summed E-state index contributed by atoms with van der Waals surface area (Å²) in [4.78, 5) is 49.4. The first-order valence-electron chi connectivity index (χ1n) is 10.8. The highest BCUT2D eigenvalue weighted by atomic mass is 16.6. The standard InChI is InChI=1S/C24H22O10/c1-5-7-29-19-15(31-11(3)25)9-13-17-18-14(23(27)33-21(17)19)10-16(32-12(4)26)20(30-8-6-2)22(18)34-24(13)28/h9-10H,5-8H2,1-4H3. The number of carbonyl (C=O) groups excluding carboxylic acids is 2. The molecule has 0 aliphatic carbocycles. The lowest BCUT2D eigenvalue weighted by atomic mass is 10.0. The second kappa shape index (κ2) is 9.05. The Kier molecular flexibility index (Phi) is 6.14. The number of ether oxygens (including phenoxy) is 4. The lowest BCUT2D eigenvalue weighted by molar-refractivity contribution is -0.132. The molecule has 4 aromatic rings. The van der Waals surface area contributed by atoms with E-state index in [0.717, 1.165) is 0 Å². The second-order valence-electron chi connectivity index (χ2n) is 7.57. The number of hydrogen-bond donors (Lipinski definition) is 0. The average Bonchev–Trinajstić information content (AvgIpc) is 2.76. The highest BCUT2D eigenvalue weighted by Gasteiger charge is 2.28. The Morgan fingerprint density at radius 1 is 0.735 bits per heavy atom. The Morgan fingerprint density at radius 2 is 1.12 bits per heavy atom. The molecule has 0 aliphatic heterocycles. The zero-order valence-electron chi connectivity index (χ0n) is 19.1. The van der Waals surface area contributed by atoms with Crippen LogP contribution in [0.1, 0.15) is 40.5 Å². The molecule has 10 heteroatoms. The number of esters is 2. The van der Waals surface area contributed by atoms with Gasteiger partial charge >= 0.3 is 23.2 Å². The highest BCUT2D eigenvalue weighted by Crippen LogP contribution is 2.46. The molecule has 0 spiro atoms. The van der Waals surface area contributed by atoms with Crippen LogP contribution in [0.2, 0.25) is 0 Å². The molecule has 0 fully saturated rings. The Labute approximate surface area is 192 Å². The predicted octanol–water partition coefficient (Wildman–Crippen LogP) is 3.92. The summed E-state index contributed by atoms with van der Waals surface area (Å²) in [6, 6.07) is 2.62. The van der Waals surface area contributed by atoms with Crippen molar-refractivity contribution in [3.8, 4) is 23.0 Å². The largest absolute Gasteiger partial charge is 0.486 e. The zero-order valence-corrected chi connectivity index (χ0v) is 19.1. The molecule has 0 radical (unpaired) electrons. The van der Waals surface area contributed by atoms with E-state index in [4.69, 9.17) is 27.8 Å². The lowest BCUT2D eigenvalue weighted by Gasteiger charge is -2.17. The van der Waals surface area contributed by atoms with E-state index in [1.165, 1.54) is 26.0 Å². The van der Waals surface area contributed by atoms with Gasteiger partial charge in [0.1, 0.15) is 0 Å². The molecule has 2 aromatic carbocycles. The van der Waals surface area contributed by atoms with Crippen LogP contribution in [0.4, 0.5) is 0 Å². The van der Waals surface area contributed by atoms with Crippen molar-refractivity contribution in [1.82, 2.24) is 0 Å². The van der Waals surface area contributed by atoms with Gasteiger partial charge in [-0.2, -0.15) is 0 Å². The summed E-state index contributed by atoms with van der Waals surface area (Å²) in [5.41, 5.74) is -1.74. The third-order valence-corrected chi connectivity index (χ3v) is 4.89. The minimum Gasteiger partial charge on any atom is -0.486 e. The molecule has 0 bridgehead atoms. The van der Waals surface area contributed by atoms with E-state index in [1.54, 1.807) is 0 Å². The van der Waals surface area contributed by atoms with Crippen molar-refractivity contribution in [3.05, 3.63) is 33.0 Å². The minimum absolute atomic E-state index is 0.00976. The molecule has 2 heterocycles. The maximum absolute atomic E-state index is 13.0. The van der Waals surface area contributed by atoms with E-state index in [2.05, 4.69) is 0 Å². The Bertz CT molecular complexity index is 1410. The average molecular weight is 470 g/mol. The topological polar surface area (TPSA) is 131 Å². The summed E-state index contributed by atoms with van der Waals surface area (Å²) in [7, 11) is 0. The van der Waals surface area contributed by atoms with Crippen LogP contribution in [0, 0.1) is 0 Å². The first-order chi connectivity index (χ1) is 16.3. The molecule has 0 aliphatic rings. The van der Waals surface area contributed by atoms with Crippen molar-refractivity contribution < 1.29 is 37.4 Å². The van der Waals surface area contributed by atoms with Crippen LogP contribution in [-0.2, 0) is 9.59 Å². The van der Waals surface area contributed by atoms with E-state index in [9.17, 15) is 19.2 Å². The van der Waals surface area contributed by atoms with Gasteiger partial charge in [0, 0.05) is 36.8 Å². The van der Waals surface area contributed by atoms with Gasteiger partial charge in [-0.25, -0.2) is 9.59 Å². The third kappa shape index (κ3) is 3.91. The van der Waals surface area contributed by atoms with Crippen molar-refractivity contribution >= 4 is 44.6 Å². The molecular formula is C24H22O10. The fourth-order valence-corrected chi connectivity index (χ4v) is 3.68. The summed E-state index contributed by atoms with van der Waals surface area (Å²) in [6.07, 6.45) is 1.24. The van der Waals surface area contributed by atoms with Gasteiger partial charge < -0.3 is 27.8 Å². The van der Waals surface area contributed by atoms with Crippen LogP contribution in [0.25, 0.3) is 32.7 Å². The van der Waals surface area contributed by atoms with Gasteiger partial charge in [0.2, 0.25) is 11.5 Å². The van der Waals surface area contributed by atoms with E-state index < -0.39 is 23.2 Å². The van der Waals surface area contributed by atoms with Gasteiger partial charge in [0.05, 0.1) is 24.0 Å². The smallest absolute Gasteiger partial charge is 0.344 e. The fourth-order valence-electron chi connectivity index (χ4n) is 3.68. The van der Waals surface area contributed by atoms with Gasteiger partial charge in [-0.05, 0) is 12.8 Å². The van der Waals surface area contributed by atoms with Crippen LogP contribution in [0.5, 0.6) is 23.0 Å². The monoisotopic (exact) mass is 470 g/mol. The Morgan fingerprint density at radius 3 is 1.44 bits per heavy atom. The molecular weight excluding hydrogens is 448 g/mol. The normalized spacial score (nSPS) is 11.3. The lowest BCUT2D eigenvalue weighted by Crippen LogP contribution is -2.12. The maximum Gasteiger partial charge on any atom is 0.344 e. The van der Waals surface area contributed by atoms with Crippen molar-refractivity contribution in [2.45, 2.75) is 40.5 Å². The molecule has 0 amide bonds. The van der Waals surface area contributed by atoms with E-state index in [-0.39, 0.29) is 68.9 Å². The minimum atomic E-state index is -0.801. The number of carbonyl (C=O) groups is 2. The first kappa shape index (κ1) is 23.1. The molecule has 4 rings (SSSR count). The SMILES string of the molecule is CCCOc1c(OC(C)=O)cc2c(=O)oc3c(OCCC)c(OC(C)=O)cc4c(=O)oc1c2c34. The van der Waals surface area contributed by atoms with Crippen molar-refractivity contribution in [2.75, 3.05) is 13.2 Å². The van der Waals surface area contributed by atoms with Crippen LogP contribution >= 0.6 is 0 Å². The number of rotatable bonds is 8. The quantitative estimate of drug-likeness (QED) is 0.162. The molecule has 34 heavy (non-hydrogen) atoms. The zero-order chi connectivity index (χ0) is 24.6. The van der Waals surface area contributed by atoms with Gasteiger partial charge in [-0.15, -0.1) is 0 Å². The van der Waals surface area contributed by atoms with Crippen LogP contribution in [0.3, 0.4) is 0 Å².